The Bertz CT molecular complexity index is 66.2. The summed E-state index contributed by atoms with van der Waals surface area (Å²) in [6.45, 7) is 1.78. The average molecular weight is 372 g/mol. The van der Waals surface area contributed by atoms with E-state index in [4.69, 9.17) is 5.11 Å². The topological polar surface area (TPSA) is 20.2 Å². The Balaban J connectivity index is -0.000000125. The molecule has 0 rings (SSSR count). The van der Waals surface area contributed by atoms with Crippen LogP contribution >= 0.6 is 0 Å². The van der Waals surface area contributed by atoms with Gasteiger partial charge < -0.3 is 11.0 Å². The van der Waals surface area contributed by atoms with Crippen molar-refractivity contribution in [1.82, 2.24) is 0 Å². The molecule has 0 aromatic carbocycles. The van der Waals surface area contributed by atoms with E-state index in [0.29, 0.717) is 0 Å². The maximum Gasteiger partial charge on any atom is 0.0224 e. The van der Waals surface area contributed by atoms with Crippen molar-refractivity contribution in [3.63, 3.8) is 0 Å². The number of hydrogen-bond donors (Lipinski definition) is 1. The summed E-state index contributed by atoms with van der Waals surface area (Å²) < 4.78 is 0. The third-order valence-electron chi connectivity index (χ3n) is 0.325. The van der Waals surface area contributed by atoms with Crippen molar-refractivity contribution in [2.24, 2.45) is 0 Å². The first-order chi connectivity index (χ1) is 2.91. The Morgan fingerprint density at radius 1 is 1.62 bits per heavy atom. The fourth-order valence-corrected chi connectivity index (χ4v) is 0.148. The van der Waals surface area contributed by atoms with Crippen LogP contribution in [-0.2, 0) is 18.6 Å². The van der Waals surface area contributed by atoms with Crippen LogP contribution in [0.3, 0.4) is 0 Å². The molecule has 8 heavy (non-hydrogen) atoms. The van der Waals surface area contributed by atoms with Crippen molar-refractivity contribution in [2.75, 3.05) is 6.61 Å². The Morgan fingerprint density at radius 2 is 2.12 bits per heavy atom. The summed E-state index contributed by atoms with van der Waals surface area (Å²) >= 11 is 0. The van der Waals surface area contributed by atoms with Crippen molar-refractivity contribution in [1.29, 1.82) is 0 Å². The van der Waals surface area contributed by atoms with Gasteiger partial charge in [-0.25, -0.2) is 0 Å². The van der Waals surface area contributed by atoms with Gasteiger partial charge in [0, 0.05) is 56.3 Å². The minimum absolute atomic E-state index is 0. The first-order valence-corrected chi connectivity index (χ1v) is 1.79. The number of rotatable bonds is 0. The molecule has 0 aliphatic heterocycles. The van der Waals surface area contributed by atoms with Crippen LogP contribution in [0.2, 0.25) is 0 Å². The second-order valence-corrected chi connectivity index (χ2v) is 0.768. The van der Waals surface area contributed by atoms with Gasteiger partial charge in [-0.1, -0.05) is 0 Å². The van der Waals surface area contributed by atoms with Crippen LogP contribution < -0.4 is 0 Å². The van der Waals surface area contributed by atoms with E-state index in [9.17, 15) is 0 Å². The number of aliphatic hydroxyl groups excluding tert-OH is 1. The Morgan fingerprint density at radius 3 is 2.25 bits per heavy atom. The molecule has 0 aromatic heterocycles. The van der Waals surface area contributed by atoms with E-state index in [1.54, 1.807) is 6.42 Å². The third-order valence-corrected chi connectivity index (χ3v) is 0.325. The van der Waals surface area contributed by atoms with Gasteiger partial charge >= 0.3 is 0 Å². The molecular weight excluding hydrogens is 365 g/mol. The first kappa shape index (κ1) is 16.0. The Labute approximate surface area is 85.9 Å². The largest absolute Gasteiger partial charge is 0.404 e. The molecule has 0 aliphatic rings. The molecule has 43 valence electrons. The molecule has 0 aromatic rings. The van der Waals surface area contributed by atoms with Crippen LogP contribution in [0.15, 0.2) is 0 Å². The van der Waals surface area contributed by atoms with Gasteiger partial charge in [-0.3, -0.25) is 5.92 Å². The Hall–Kier alpha value is 1.03. The van der Waals surface area contributed by atoms with E-state index in [0.717, 1.165) is 0 Å². The van der Waals surface area contributed by atoms with Crippen LogP contribution in [0.5, 0.6) is 0 Å². The molecule has 0 atom stereocenters. The van der Waals surface area contributed by atoms with Gasteiger partial charge in [0.1, 0.15) is 0 Å². The summed E-state index contributed by atoms with van der Waals surface area (Å²) in [7, 11) is 0. The summed E-state index contributed by atoms with van der Waals surface area (Å²) in [4.78, 5) is 0. The van der Waals surface area contributed by atoms with Gasteiger partial charge in [-0.05, 0) is 0 Å². The molecule has 1 N–H and O–H groups in total. The molecule has 0 heterocycles. The summed E-state index contributed by atoms with van der Waals surface area (Å²) in [5.74, 6) is 5.02. The molecule has 0 saturated heterocycles. The van der Waals surface area contributed by atoms with Gasteiger partial charge in [0.05, 0.1) is 0 Å². The van der Waals surface area contributed by atoms with Gasteiger partial charge in [0.2, 0.25) is 0 Å². The van der Waals surface area contributed by atoms with Crippen molar-refractivity contribution in [2.45, 2.75) is 6.92 Å². The van der Waals surface area contributed by atoms with E-state index >= 15 is 0 Å². The van der Waals surface area contributed by atoms with Crippen molar-refractivity contribution in [3.05, 3.63) is 6.42 Å². The van der Waals surface area contributed by atoms with E-state index in [2.05, 4.69) is 11.8 Å². The molecule has 1 radical (unpaired) electrons. The van der Waals surface area contributed by atoms with Crippen molar-refractivity contribution in [3.8, 4) is 11.8 Å². The quantitative estimate of drug-likeness (QED) is 0.476. The van der Waals surface area contributed by atoms with Gasteiger partial charge in [0.25, 0.3) is 0 Å². The predicted octanol–water partition coefficient (Wildman–Crippen LogP) is 0.204. The standard InChI is InChI=1S/C5H7O.U.V/c1-2-3-4-5-6;;/h2,6H,5H2,1H3;;/q-1;;. The molecular formula is C5H7OUV-. The van der Waals surface area contributed by atoms with Crippen LogP contribution in [0.25, 0.3) is 0 Å². The molecule has 1 nitrogen and oxygen atoms in total. The van der Waals surface area contributed by atoms with Crippen molar-refractivity contribution >= 4 is 0 Å². The molecule has 0 spiro atoms. The van der Waals surface area contributed by atoms with Gasteiger partial charge in [-0.2, -0.15) is 6.42 Å². The molecule has 0 saturated carbocycles. The molecule has 3 heteroatoms. The summed E-state index contributed by atoms with van der Waals surface area (Å²) in [6.07, 6.45) is 1.69. The fourth-order valence-electron chi connectivity index (χ4n) is 0.148. The predicted molar refractivity (Wildman–Crippen MR) is 24.8 cm³/mol. The molecule has 0 bridgehead atoms. The number of hydrogen-bond acceptors (Lipinski definition) is 1. The number of aliphatic hydroxyl groups is 1. The molecule has 0 aliphatic carbocycles. The average Bonchev–Trinajstić information content (AvgIpc) is 1.61. The maximum absolute atomic E-state index is 8.00. The second kappa shape index (κ2) is 15.7. The SMILES string of the molecule is C[CH-]C#CCO.[U].[V]. The van der Waals surface area contributed by atoms with Crippen molar-refractivity contribution < 1.29 is 54.8 Å². The van der Waals surface area contributed by atoms with E-state index in [1.807, 2.05) is 6.92 Å². The summed E-state index contributed by atoms with van der Waals surface area (Å²) in [5, 5.41) is 8.00. The van der Waals surface area contributed by atoms with Crippen LogP contribution in [-0.4, -0.2) is 11.7 Å². The maximum atomic E-state index is 8.00. The monoisotopic (exact) mass is 372 g/mol. The minimum atomic E-state index is -0.0374. The summed E-state index contributed by atoms with van der Waals surface area (Å²) in [5.41, 5.74) is 0. The second-order valence-electron chi connectivity index (χ2n) is 0.768. The molecule has 0 fully saturated rings. The zero-order valence-corrected chi connectivity index (χ0v) is 10.2. The minimum Gasteiger partial charge on any atom is -0.404 e. The van der Waals surface area contributed by atoms with Crippen LogP contribution in [0.1, 0.15) is 6.92 Å². The molecule has 0 amide bonds. The first-order valence-electron chi connectivity index (χ1n) is 1.79. The normalized spacial score (nSPS) is 4.25. The van der Waals surface area contributed by atoms with E-state index in [1.165, 1.54) is 0 Å². The fraction of sp³-hybridized carbons (Fsp3) is 0.400. The molecule has 0 unspecified atom stereocenters. The zero-order valence-electron chi connectivity index (χ0n) is 4.68. The summed E-state index contributed by atoms with van der Waals surface area (Å²) in [6, 6.07) is 0. The smallest absolute Gasteiger partial charge is 0.0224 e. The Kier molecular flexibility index (Phi) is 31.4. The third kappa shape index (κ3) is 15.7. The zero-order chi connectivity index (χ0) is 4.83. The van der Waals surface area contributed by atoms with E-state index in [-0.39, 0.29) is 56.3 Å². The van der Waals surface area contributed by atoms with Crippen LogP contribution in [0.4, 0.5) is 0 Å². The van der Waals surface area contributed by atoms with Gasteiger partial charge in [0.15, 0.2) is 0 Å². The van der Waals surface area contributed by atoms with Gasteiger partial charge in [-0.15, -0.1) is 6.92 Å². The van der Waals surface area contributed by atoms with Crippen LogP contribution in [0, 0.1) is 49.4 Å². The van der Waals surface area contributed by atoms with E-state index < -0.39 is 0 Å².